The maximum atomic E-state index is 12.7. The summed E-state index contributed by atoms with van der Waals surface area (Å²) in [6.45, 7) is 1.27. The van der Waals surface area contributed by atoms with Gasteiger partial charge in [-0.3, -0.25) is 9.59 Å². The first-order chi connectivity index (χ1) is 13.1. The molecule has 1 saturated heterocycles. The van der Waals surface area contributed by atoms with E-state index < -0.39 is 0 Å². The maximum absolute atomic E-state index is 12.7. The van der Waals surface area contributed by atoms with E-state index in [0.29, 0.717) is 24.6 Å². The molecule has 1 amide bonds. The SMILES string of the molecule is Nc1nc2ccc(CC(=O)N3CCC(C(=O)c4ccccc4)CC3)cc2s1. The first-order valence-corrected chi connectivity index (χ1v) is 9.94. The molecular formula is C21H21N3O2S. The molecule has 4 rings (SSSR count). The molecule has 2 heterocycles. The molecular weight excluding hydrogens is 358 g/mol. The summed E-state index contributed by atoms with van der Waals surface area (Å²) in [5.41, 5.74) is 8.35. The van der Waals surface area contributed by atoms with Crippen molar-refractivity contribution in [2.75, 3.05) is 18.8 Å². The maximum Gasteiger partial charge on any atom is 0.226 e. The Morgan fingerprint density at radius 3 is 2.59 bits per heavy atom. The third-order valence-corrected chi connectivity index (χ3v) is 5.95. The van der Waals surface area contributed by atoms with Crippen molar-refractivity contribution >= 4 is 38.4 Å². The number of hydrogen-bond donors (Lipinski definition) is 1. The highest BCUT2D eigenvalue weighted by Gasteiger charge is 2.27. The smallest absolute Gasteiger partial charge is 0.226 e. The first-order valence-electron chi connectivity index (χ1n) is 9.12. The highest BCUT2D eigenvalue weighted by molar-refractivity contribution is 7.22. The van der Waals surface area contributed by atoms with E-state index in [1.807, 2.05) is 53.4 Å². The number of ketones is 1. The molecule has 0 bridgehead atoms. The van der Waals surface area contributed by atoms with Gasteiger partial charge in [-0.05, 0) is 30.5 Å². The average Bonchev–Trinajstić information content (AvgIpc) is 3.07. The summed E-state index contributed by atoms with van der Waals surface area (Å²) in [4.78, 5) is 31.4. The van der Waals surface area contributed by atoms with E-state index >= 15 is 0 Å². The molecule has 1 aliphatic heterocycles. The minimum Gasteiger partial charge on any atom is -0.375 e. The Labute approximate surface area is 161 Å². The van der Waals surface area contributed by atoms with Gasteiger partial charge in [0.05, 0.1) is 16.6 Å². The largest absolute Gasteiger partial charge is 0.375 e. The van der Waals surface area contributed by atoms with Crippen LogP contribution in [0.1, 0.15) is 28.8 Å². The number of piperidine rings is 1. The van der Waals surface area contributed by atoms with Gasteiger partial charge in [-0.25, -0.2) is 4.98 Å². The van der Waals surface area contributed by atoms with E-state index in [-0.39, 0.29) is 17.6 Å². The van der Waals surface area contributed by atoms with Crippen LogP contribution < -0.4 is 5.73 Å². The fraction of sp³-hybridized carbons (Fsp3) is 0.286. The number of fused-ring (bicyclic) bond motifs is 1. The lowest BCUT2D eigenvalue weighted by Gasteiger charge is -2.31. The minimum absolute atomic E-state index is 0.00738. The lowest BCUT2D eigenvalue weighted by Crippen LogP contribution is -2.41. The monoisotopic (exact) mass is 379 g/mol. The van der Waals surface area contributed by atoms with Gasteiger partial charge in [0, 0.05) is 24.6 Å². The zero-order valence-corrected chi connectivity index (χ0v) is 15.7. The van der Waals surface area contributed by atoms with E-state index in [1.54, 1.807) is 0 Å². The highest BCUT2D eigenvalue weighted by atomic mass is 32.1. The van der Waals surface area contributed by atoms with Crippen molar-refractivity contribution in [1.82, 2.24) is 9.88 Å². The summed E-state index contributed by atoms with van der Waals surface area (Å²) in [6, 6.07) is 15.3. The number of nitrogens with two attached hydrogens (primary N) is 1. The molecule has 0 radical (unpaired) electrons. The number of rotatable bonds is 4. The Balaban J connectivity index is 1.36. The van der Waals surface area contributed by atoms with Crippen LogP contribution in [0.2, 0.25) is 0 Å². The summed E-state index contributed by atoms with van der Waals surface area (Å²) < 4.78 is 1.00. The molecule has 0 aliphatic carbocycles. The number of thiazole rings is 1. The molecule has 3 aromatic rings. The number of aromatic nitrogens is 1. The minimum atomic E-state index is 0.00738. The van der Waals surface area contributed by atoms with Gasteiger partial charge in [0.15, 0.2) is 10.9 Å². The van der Waals surface area contributed by atoms with Gasteiger partial charge < -0.3 is 10.6 Å². The van der Waals surface area contributed by atoms with Crippen LogP contribution >= 0.6 is 11.3 Å². The second kappa shape index (κ2) is 7.48. The number of carbonyl (C=O) groups is 2. The Hall–Kier alpha value is -2.73. The van der Waals surface area contributed by atoms with Gasteiger partial charge in [-0.15, -0.1) is 0 Å². The van der Waals surface area contributed by atoms with Gasteiger partial charge in [-0.1, -0.05) is 47.7 Å². The standard InChI is InChI=1S/C21H21N3O2S/c22-21-23-17-7-6-14(12-18(17)27-21)13-19(25)24-10-8-16(9-11-24)20(26)15-4-2-1-3-5-15/h1-7,12,16H,8-11,13H2,(H2,22,23). The Bertz CT molecular complexity index is 976. The van der Waals surface area contributed by atoms with Crippen molar-refractivity contribution in [2.45, 2.75) is 19.3 Å². The van der Waals surface area contributed by atoms with Gasteiger partial charge >= 0.3 is 0 Å². The number of anilines is 1. The molecule has 2 aromatic carbocycles. The number of carbonyl (C=O) groups excluding carboxylic acids is 2. The van der Waals surface area contributed by atoms with Crippen LogP contribution in [0.25, 0.3) is 10.2 Å². The van der Waals surface area contributed by atoms with Gasteiger partial charge in [-0.2, -0.15) is 0 Å². The highest BCUT2D eigenvalue weighted by Crippen LogP contribution is 2.26. The molecule has 138 valence electrons. The molecule has 5 nitrogen and oxygen atoms in total. The van der Waals surface area contributed by atoms with Crippen molar-refractivity contribution in [1.29, 1.82) is 0 Å². The summed E-state index contributed by atoms with van der Waals surface area (Å²) >= 11 is 1.43. The van der Waals surface area contributed by atoms with Crippen LogP contribution in [-0.2, 0) is 11.2 Å². The van der Waals surface area contributed by atoms with Crippen LogP contribution in [0.4, 0.5) is 5.13 Å². The van der Waals surface area contributed by atoms with Crippen LogP contribution in [0.15, 0.2) is 48.5 Å². The molecule has 6 heteroatoms. The predicted molar refractivity (Wildman–Crippen MR) is 108 cm³/mol. The van der Waals surface area contributed by atoms with E-state index in [2.05, 4.69) is 4.98 Å². The van der Waals surface area contributed by atoms with Crippen molar-refractivity contribution in [3.8, 4) is 0 Å². The second-order valence-electron chi connectivity index (χ2n) is 6.92. The average molecular weight is 379 g/mol. The Kier molecular flexibility index (Phi) is 4.90. The third-order valence-electron chi connectivity index (χ3n) is 5.10. The molecule has 1 aliphatic rings. The predicted octanol–water partition coefficient (Wildman–Crippen LogP) is 3.54. The van der Waals surface area contributed by atoms with Gasteiger partial charge in [0.2, 0.25) is 5.91 Å². The van der Waals surface area contributed by atoms with Crippen molar-refractivity contribution in [3.63, 3.8) is 0 Å². The summed E-state index contributed by atoms with van der Waals surface area (Å²) in [7, 11) is 0. The number of Topliss-reactive ketones (excluding diaryl/α,β-unsaturated/α-hetero) is 1. The zero-order chi connectivity index (χ0) is 18.8. The second-order valence-corrected chi connectivity index (χ2v) is 7.98. The van der Waals surface area contributed by atoms with Crippen LogP contribution in [0.5, 0.6) is 0 Å². The van der Waals surface area contributed by atoms with Gasteiger partial charge in [0.25, 0.3) is 0 Å². The van der Waals surface area contributed by atoms with E-state index in [0.717, 1.165) is 34.2 Å². The number of nitrogen functional groups attached to an aromatic ring is 1. The van der Waals surface area contributed by atoms with Crippen LogP contribution in [0, 0.1) is 5.92 Å². The van der Waals surface area contributed by atoms with Crippen molar-refractivity contribution in [3.05, 3.63) is 59.7 Å². The van der Waals surface area contributed by atoms with Gasteiger partial charge in [0.1, 0.15) is 0 Å². The van der Waals surface area contributed by atoms with E-state index in [9.17, 15) is 9.59 Å². The van der Waals surface area contributed by atoms with E-state index in [1.165, 1.54) is 11.3 Å². The third kappa shape index (κ3) is 3.85. The number of nitrogens with zero attached hydrogens (tertiary/aromatic N) is 2. The summed E-state index contributed by atoms with van der Waals surface area (Å²) in [5.74, 6) is 0.307. The summed E-state index contributed by atoms with van der Waals surface area (Å²) in [6.07, 6.45) is 1.82. The van der Waals surface area contributed by atoms with Crippen LogP contribution in [-0.4, -0.2) is 34.7 Å². The van der Waals surface area contributed by atoms with Crippen molar-refractivity contribution < 1.29 is 9.59 Å². The lowest BCUT2D eigenvalue weighted by molar-refractivity contribution is -0.131. The molecule has 0 saturated carbocycles. The quantitative estimate of drug-likeness (QED) is 0.704. The number of likely N-dealkylation sites (tertiary alicyclic amines) is 1. The fourth-order valence-electron chi connectivity index (χ4n) is 3.61. The molecule has 27 heavy (non-hydrogen) atoms. The Morgan fingerprint density at radius 1 is 1.11 bits per heavy atom. The number of benzene rings is 2. The molecule has 0 unspecified atom stereocenters. The van der Waals surface area contributed by atoms with Crippen molar-refractivity contribution in [2.24, 2.45) is 5.92 Å². The first kappa shape index (κ1) is 17.7. The van der Waals surface area contributed by atoms with Crippen LogP contribution in [0.3, 0.4) is 0 Å². The summed E-state index contributed by atoms with van der Waals surface area (Å²) in [5, 5.41) is 0.540. The molecule has 1 fully saturated rings. The molecule has 1 aromatic heterocycles. The molecule has 0 spiro atoms. The normalized spacial score (nSPS) is 15.2. The Morgan fingerprint density at radius 2 is 1.85 bits per heavy atom. The number of hydrogen-bond acceptors (Lipinski definition) is 5. The van der Waals surface area contributed by atoms with E-state index in [4.69, 9.17) is 5.73 Å². The number of amides is 1. The fourth-order valence-corrected chi connectivity index (χ4v) is 4.41. The lowest BCUT2D eigenvalue weighted by atomic mass is 9.88. The topological polar surface area (TPSA) is 76.3 Å². The zero-order valence-electron chi connectivity index (χ0n) is 14.9. The molecule has 0 atom stereocenters. The molecule has 2 N–H and O–H groups in total.